The third-order valence-corrected chi connectivity index (χ3v) is 2.95. The minimum absolute atomic E-state index is 0.478. The minimum atomic E-state index is 0.478. The van der Waals surface area contributed by atoms with E-state index < -0.39 is 0 Å². The maximum absolute atomic E-state index is 5.55. The Morgan fingerprint density at radius 1 is 1.56 bits per heavy atom. The van der Waals surface area contributed by atoms with Crippen LogP contribution in [-0.2, 0) is 17.8 Å². The fraction of sp³-hybridized carbons (Fsp3) is 0.667. The van der Waals surface area contributed by atoms with Gasteiger partial charge < -0.3 is 14.5 Å². The Morgan fingerprint density at radius 2 is 2.44 bits per heavy atom. The van der Waals surface area contributed by atoms with Crippen LogP contribution in [0.4, 0.5) is 0 Å². The van der Waals surface area contributed by atoms with Crippen molar-refractivity contribution in [1.29, 1.82) is 0 Å². The SMILES string of the molecule is CNCc1coc(CN2CCOCC2C)c1. The second-order valence-electron chi connectivity index (χ2n) is 4.35. The average molecular weight is 224 g/mol. The highest BCUT2D eigenvalue weighted by atomic mass is 16.5. The quantitative estimate of drug-likeness (QED) is 0.834. The van der Waals surface area contributed by atoms with E-state index in [1.54, 1.807) is 0 Å². The number of morpholine rings is 1. The fourth-order valence-corrected chi connectivity index (χ4v) is 2.00. The molecule has 1 aliphatic heterocycles. The van der Waals surface area contributed by atoms with Gasteiger partial charge in [-0.1, -0.05) is 0 Å². The summed E-state index contributed by atoms with van der Waals surface area (Å²) in [6.45, 7) is 6.58. The first-order chi connectivity index (χ1) is 7.79. The summed E-state index contributed by atoms with van der Waals surface area (Å²) in [5.41, 5.74) is 1.21. The molecule has 2 rings (SSSR count). The molecular weight excluding hydrogens is 204 g/mol. The summed E-state index contributed by atoms with van der Waals surface area (Å²) in [5, 5.41) is 3.12. The first-order valence-electron chi connectivity index (χ1n) is 5.82. The maximum atomic E-state index is 5.55. The summed E-state index contributed by atoms with van der Waals surface area (Å²) in [6, 6.07) is 2.60. The van der Waals surface area contributed by atoms with Gasteiger partial charge >= 0.3 is 0 Å². The standard InChI is InChI=1S/C12H20N2O2/c1-10-8-15-4-3-14(10)7-12-5-11(6-13-2)9-16-12/h5,9-10,13H,3-4,6-8H2,1-2H3. The molecule has 1 N–H and O–H groups in total. The van der Waals surface area contributed by atoms with Gasteiger partial charge in [0.25, 0.3) is 0 Å². The topological polar surface area (TPSA) is 37.6 Å². The van der Waals surface area contributed by atoms with Crippen molar-refractivity contribution in [3.63, 3.8) is 0 Å². The number of furan rings is 1. The molecule has 1 aromatic rings. The Labute approximate surface area is 96.6 Å². The summed E-state index contributed by atoms with van der Waals surface area (Å²) in [4.78, 5) is 2.39. The summed E-state index contributed by atoms with van der Waals surface area (Å²) in [7, 11) is 1.94. The zero-order chi connectivity index (χ0) is 11.4. The van der Waals surface area contributed by atoms with Gasteiger partial charge in [-0.05, 0) is 20.0 Å². The van der Waals surface area contributed by atoms with Crippen LogP contribution in [0.5, 0.6) is 0 Å². The minimum Gasteiger partial charge on any atom is -0.468 e. The van der Waals surface area contributed by atoms with Crippen LogP contribution in [0.15, 0.2) is 16.7 Å². The highest BCUT2D eigenvalue weighted by Gasteiger charge is 2.19. The number of ether oxygens (including phenoxy) is 1. The third-order valence-electron chi connectivity index (χ3n) is 2.95. The normalized spacial score (nSPS) is 22.5. The molecule has 0 spiro atoms. The fourth-order valence-electron chi connectivity index (χ4n) is 2.00. The predicted octanol–water partition coefficient (Wildman–Crippen LogP) is 1.22. The van der Waals surface area contributed by atoms with Crippen molar-refractivity contribution in [2.75, 3.05) is 26.8 Å². The van der Waals surface area contributed by atoms with Crippen LogP contribution in [0, 0.1) is 0 Å². The van der Waals surface area contributed by atoms with E-state index in [1.807, 2.05) is 13.3 Å². The Bertz CT molecular complexity index is 325. The van der Waals surface area contributed by atoms with Gasteiger partial charge in [-0.25, -0.2) is 0 Å². The lowest BCUT2D eigenvalue weighted by molar-refractivity contribution is -0.00708. The molecule has 0 saturated carbocycles. The highest BCUT2D eigenvalue weighted by molar-refractivity contribution is 5.12. The summed E-state index contributed by atoms with van der Waals surface area (Å²) in [5.74, 6) is 1.04. The lowest BCUT2D eigenvalue weighted by atomic mass is 10.2. The second-order valence-corrected chi connectivity index (χ2v) is 4.35. The number of nitrogens with zero attached hydrogens (tertiary/aromatic N) is 1. The van der Waals surface area contributed by atoms with E-state index in [-0.39, 0.29) is 0 Å². The van der Waals surface area contributed by atoms with Gasteiger partial charge in [-0.2, -0.15) is 0 Å². The zero-order valence-electron chi connectivity index (χ0n) is 10.0. The molecule has 0 aromatic carbocycles. The lowest BCUT2D eigenvalue weighted by Gasteiger charge is -2.32. The highest BCUT2D eigenvalue weighted by Crippen LogP contribution is 2.14. The van der Waals surface area contributed by atoms with Gasteiger partial charge in [0.2, 0.25) is 0 Å². The van der Waals surface area contributed by atoms with Crippen LogP contribution in [0.25, 0.3) is 0 Å². The van der Waals surface area contributed by atoms with E-state index in [4.69, 9.17) is 9.15 Å². The summed E-state index contributed by atoms with van der Waals surface area (Å²) >= 11 is 0. The van der Waals surface area contributed by atoms with E-state index in [0.717, 1.165) is 38.6 Å². The van der Waals surface area contributed by atoms with Gasteiger partial charge in [-0.3, -0.25) is 4.90 Å². The third kappa shape index (κ3) is 2.84. The average Bonchev–Trinajstić information content (AvgIpc) is 2.70. The predicted molar refractivity (Wildman–Crippen MR) is 62.2 cm³/mol. The molecule has 4 heteroatoms. The molecule has 1 atom stereocenters. The number of rotatable bonds is 4. The molecule has 0 radical (unpaired) electrons. The van der Waals surface area contributed by atoms with Crippen LogP contribution < -0.4 is 5.32 Å². The van der Waals surface area contributed by atoms with Gasteiger partial charge in [0, 0.05) is 24.7 Å². The van der Waals surface area contributed by atoms with Crippen molar-refractivity contribution in [3.8, 4) is 0 Å². The van der Waals surface area contributed by atoms with Crippen LogP contribution >= 0.6 is 0 Å². The molecule has 1 aliphatic rings. The first kappa shape index (κ1) is 11.6. The van der Waals surface area contributed by atoms with Crippen LogP contribution in [0.1, 0.15) is 18.2 Å². The molecule has 90 valence electrons. The molecule has 1 unspecified atom stereocenters. The molecular formula is C12H20N2O2. The largest absolute Gasteiger partial charge is 0.468 e. The first-order valence-corrected chi connectivity index (χ1v) is 5.82. The monoisotopic (exact) mass is 224 g/mol. The molecule has 2 heterocycles. The van der Waals surface area contributed by atoms with Crippen LogP contribution in [-0.4, -0.2) is 37.7 Å². The van der Waals surface area contributed by atoms with Crippen molar-refractivity contribution in [2.45, 2.75) is 26.1 Å². The molecule has 0 amide bonds. The molecule has 0 bridgehead atoms. The van der Waals surface area contributed by atoms with Gasteiger partial charge in [-0.15, -0.1) is 0 Å². The molecule has 0 aliphatic carbocycles. The van der Waals surface area contributed by atoms with E-state index >= 15 is 0 Å². The Morgan fingerprint density at radius 3 is 3.19 bits per heavy atom. The summed E-state index contributed by atoms with van der Waals surface area (Å²) < 4.78 is 11.0. The van der Waals surface area contributed by atoms with Gasteiger partial charge in [0.1, 0.15) is 5.76 Å². The molecule has 1 aromatic heterocycles. The molecule has 1 fully saturated rings. The van der Waals surface area contributed by atoms with E-state index in [9.17, 15) is 0 Å². The Balaban J connectivity index is 1.91. The lowest BCUT2D eigenvalue weighted by Crippen LogP contribution is -2.42. The second kappa shape index (κ2) is 5.48. The van der Waals surface area contributed by atoms with Crippen LogP contribution in [0.2, 0.25) is 0 Å². The Kier molecular flexibility index (Phi) is 3.98. The smallest absolute Gasteiger partial charge is 0.118 e. The number of nitrogens with one attached hydrogen (secondary N) is 1. The van der Waals surface area contributed by atoms with Gasteiger partial charge in [0.05, 0.1) is 26.0 Å². The molecule has 4 nitrogen and oxygen atoms in total. The zero-order valence-corrected chi connectivity index (χ0v) is 10.0. The van der Waals surface area contributed by atoms with Crippen molar-refractivity contribution in [3.05, 3.63) is 23.7 Å². The van der Waals surface area contributed by atoms with Crippen molar-refractivity contribution in [1.82, 2.24) is 10.2 Å². The molecule has 1 saturated heterocycles. The molecule has 16 heavy (non-hydrogen) atoms. The number of hydrogen-bond donors (Lipinski definition) is 1. The van der Waals surface area contributed by atoms with Crippen molar-refractivity contribution in [2.24, 2.45) is 0 Å². The van der Waals surface area contributed by atoms with E-state index in [1.165, 1.54) is 5.56 Å². The van der Waals surface area contributed by atoms with E-state index in [2.05, 4.69) is 23.2 Å². The number of hydrogen-bond acceptors (Lipinski definition) is 4. The van der Waals surface area contributed by atoms with Crippen LogP contribution in [0.3, 0.4) is 0 Å². The maximum Gasteiger partial charge on any atom is 0.118 e. The Hall–Kier alpha value is -0.840. The van der Waals surface area contributed by atoms with Gasteiger partial charge in [0.15, 0.2) is 0 Å². The van der Waals surface area contributed by atoms with Crippen molar-refractivity contribution < 1.29 is 9.15 Å². The van der Waals surface area contributed by atoms with E-state index in [0.29, 0.717) is 6.04 Å². The van der Waals surface area contributed by atoms with Crippen molar-refractivity contribution >= 4 is 0 Å². The summed E-state index contributed by atoms with van der Waals surface area (Å²) in [6.07, 6.45) is 1.83.